The molecule has 0 N–H and O–H groups in total. The average molecular weight is 885 g/mol. The molecular formula is C58H92O6. The van der Waals surface area contributed by atoms with Crippen molar-refractivity contribution in [3.05, 3.63) is 122 Å². The van der Waals surface area contributed by atoms with Gasteiger partial charge in [-0.2, -0.15) is 0 Å². The average Bonchev–Trinajstić information content (AvgIpc) is 3.29. The maximum absolute atomic E-state index is 12.8. The molecule has 0 amide bonds. The highest BCUT2D eigenvalue weighted by Gasteiger charge is 2.19. The van der Waals surface area contributed by atoms with Gasteiger partial charge < -0.3 is 14.2 Å². The minimum atomic E-state index is -0.826. The Morgan fingerprint density at radius 2 is 0.625 bits per heavy atom. The third-order valence-electron chi connectivity index (χ3n) is 10.2. The molecule has 0 radical (unpaired) electrons. The van der Waals surface area contributed by atoms with E-state index in [1.807, 2.05) is 0 Å². The fourth-order valence-electron chi connectivity index (χ4n) is 6.40. The molecule has 64 heavy (non-hydrogen) atoms. The summed E-state index contributed by atoms with van der Waals surface area (Å²) in [5, 5.41) is 0. The Morgan fingerprint density at radius 3 is 1.03 bits per heavy atom. The SMILES string of the molecule is CC/C=C\C/C=C\C/C=C\C/C=C\C/C=C\CCCC(=O)OCC(COC(=O)CCCCC/C=C\CCCCCCCC)OC(=O)CCCCC/C=C\C/C=C\C/C=C\C/C=C\CC. The van der Waals surface area contributed by atoms with Crippen molar-refractivity contribution in [2.45, 2.75) is 213 Å². The number of allylic oxidation sites excluding steroid dienone is 20. The largest absolute Gasteiger partial charge is 0.462 e. The summed E-state index contributed by atoms with van der Waals surface area (Å²) in [4.78, 5) is 37.9. The van der Waals surface area contributed by atoms with Crippen LogP contribution >= 0.6 is 0 Å². The second kappa shape index (κ2) is 51.4. The van der Waals surface area contributed by atoms with Gasteiger partial charge in [0, 0.05) is 19.3 Å². The van der Waals surface area contributed by atoms with Gasteiger partial charge in [-0.1, -0.05) is 187 Å². The van der Waals surface area contributed by atoms with Crippen LogP contribution < -0.4 is 0 Å². The van der Waals surface area contributed by atoms with E-state index in [2.05, 4.69) is 142 Å². The standard InChI is InChI=1S/C58H92O6/c1-4-7-10-13-16-19-22-25-27-29-31-33-36-39-42-45-48-51-57(60)63-54-55(53-62-56(59)50-47-44-41-38-35-32-24-21-18-15-12-9-6-3)64-58(61)52-49-46-43-40-37-34-30-28-26-23-20-17-14-11-8-5-2/h7-8,10-11,16-17,19-20,25-28,31-35,37,39,42,55H,4-6,9,12-15,18,21-24,29-30,36,38,40-41,43-54H2,1-3H3/b10-7-,11-8-,19-16-,20-17-,27-25-,28-26-,33-31-,35-32-,37-34-,42-39-. The molecule has 0 aromatic heterocycles. The van der Waals surface area contributed by atoms with E-state index in [1.165, 1.54) is 38.5 Å². The van der Waals surface area contributed by atoms with E-state index in [0.29, 0.717) is 19.3 Å². The van der Waals surface area contributed by atoms with E-state index >= 15 is 0 Å². The lowest BCUT2D eigenvalue weighted by Crippen LogP contribution is -2.30. The van der Waals surface area contributed by atoms with E-state index in [9.17, 15) is 14.4 Å². The first kappa shape index (κ1) is 59.8. The van der Waals surface area contributed by atoms with Gasteiger partial charge in [-0.25, -0.2) is 0 Å². The van der Waals surface area contributed by atoms with Gasteiger partial charge >= 0.3 is 17.9 Å². The Bertz CT molecular complexity index is 1390. The van der Waals surface area contributed by atoms with Gasteiger partial charge in [-0.3, -0.25) is 14.4 Å². The molecule has 0 saturated heterocycles. The van der Waals surface area contributed by atoms with Gasteiger partial charge in [0.1, 0.15) is 13.2 Å². The summed E-state index contributed by atoms with van der Waals surface area (Å²) < 4.78 is 16.7. The Kier molecular flexibility index (Phi) is 48.1. The molecular weight excluding hydrogens is 793 g/mol. The number of hydrogen-bond donors (Lipinski definition) is 0. The van der Waals surface area contributed by atoms with Crippen molar-refractivity contribution in [3.63, 3.8) is 0 Å². The zero-order chi connectivity index (χ0) is 46.5. The first-order valence-corrected chi connectivity index (χ1v) is 25.5. The maximum atomic E-state index is 12.8. The molecule has 0 heterocycles. The number of esters is 3. The minimum Gasteiger partial charge on any atom is -0.462 e. The number of carbonyl (C=O) groups excluding carboxylic acids is 3. The van der Waals surface area contributed by atoms with Crippen LogP contribution in [0, 0.1) is 0 Å². The van der Waals surface area contributed by atoms with Crippen LogP contribution in [0.5, 0.6) is 0 Å². The lowest BCUT2D eigenvalue weighted by molar-refractivity contribution is -0.167. The zero-order valence-corrected chi connectivity index (χ0v) is 41.0. The van der Waals surface area contributed by atoms with Crippen LogP contribution in [0.25, 0.3) is 0 Å². The van der Waals surface area contributed by atoms with Crippen molar-refractivity contribution in [1.82, 2.24) is 0 Å². The zero-order valence-electron chi connectivity index (χ0n) is 41.0. The predicted octanol–water partition coefficient (Wildman–Crippen LogP) is 16.9. The molecule has 0 aromatic rings. The summed E-state index contributed by atoms with van der Waals surface area (Å²) in [6, 6.07) is 0. The van der Waals surface area contributed by atoms with Gasteiger partial charge in [0.2, 0.25) is 0 Å². The van der Waals surface area contributed by atoms with Crippen LogP contribution in [-0.4, -0.2) is 37.2 Å². The Balaban J connectivity index is 4.58. The second-order valence-electron chi connectivity index (χ2n) is 16.3. The monoisotopic (exact) mass is 885 g/mol. The van der Waals surface area contributed by atoms with Crippen molar-refractivity contribution < 1.29 is 28.6 Å². The molecule has 0 aromatic carbocycles. The predicted molar refractivity (Wildman–Crippen MR) is 274 cm³/mol. The highest BCUT2D eigenvalue weighted by molar-refractivity contribution is 5.71. The number of unbranched alkanes of at least 4 members (excludes halogenated alkanes) is 13. The Morgan fingerprint density at radius 1 is 0.328 bits per heavy atom. The molecule has 0 spiro atoms. The summed E-state index contributed by atoms with van der Waals surface area (Å²) >= 11 is 0. The topological polar surface area (TPSA) is 78.9 Å². The van der Waals surface area contributed by atoms with Crippen LogP contribution in [0.3, 0.4) is 0 Å². The number of rotatable bonds is 44. The van der Waals surface area contributed by atoms with E-state index < -0.39 is 6.10 Å². The number of hydrogen-bond acceptors (Lipinski definition) is 6. The fourth-order valence-corrected chi connectivity index (χ4v) is 6.40. The summed E-state index contributed by atoms with van der Waals surface area (Å²) in [5.41, 5.74) is 0. The normalized spacial score (nSPS) is 13.1. The molecule has 0 bridgehead atoms. The summed E-state index contributed by atoms with van der Waals surface area (Å²) in [6.45, 7) is 6.29. The lowest BCUT2D eigenvalue weighted by atomic mass is 10.1. The van der Waals surface area contributed by atoms with Crippen LogP contribution in [0.1, 0.15) is 207 Å². The third-order valence-corrected chi connectivity index (χ3v) is 10.2. The smallest absolute Gasteiger partial charge is 0.306 e. The van der Waals surface area contributed by atoms with Crippen LogP contribution in [0.2, 0.25) is 0 Å². The van der Waals surface area contributed by atoms with Crippen molar-refractivity contribution in [2.75, 3.05) is 13.2 Å². The van der Waals surface area contributed by atoms with Gasteiger partial charge in [0.05, 0.1) is 0 Å². The highest BCUT2D eigenvalue weighted by Crippen LogP contribution is 2.11. The van der Waals surface area contributed by atoms with Crippen molar-refractivity contribution in [1.29, 1.82) is 0 Å². The quantitative estimate of drug-likeness (QED) is 0.0262. The molecule has 1 unspecified atom stereocenters. The molecule has 360 valence electrons. The molecule has 0 aliphatic heterocycles. The highest BCUT2D eigenvalue weighted by atomic mass is 16.6. The van der Waals surface area contributed by atoms with Gasteiger partial charge in [-0.05, 0) is 122 Å². The molecule has 0 saturated carbocycles. The first-order chi connectivity index (χ1) is 31.5. The number of ether oxygens (including phenoxy) is 3. The Labute approximate surface area is 392 Å². The molecule has 6 nitrogen and oxygen atoms in total. The van der Waals surface area contributed by atoms with Crippen molar-refractivity contribution >= 4 is 17.9 Å². The molecule has 0 rings (SSSR count). The molecule has 0 aliphatic rings. The van der Waals surface area contributed by atoms with Crippen LogP contribution in [0.4, 0.5) is 0 Å². The number of carbonyl (C=O) groups is 3. The molecule has 0 fully saturated rings. The van der Waals surface area contributed by atoms with Crippen LogP contribution in [-0.2, 0) is 28.6 Å². The lowest BCUT2D eigenvalue weighted by Gasteiger charge is -2.18. The van der Waals surface area contributed by atoms with Crippen molar-refractivity contribution in [3.8, 4) is 0 Å². The minimum absolute atomic E-state index is 0.120. The maximum Gasteiger partial charge on any atom is 0.306 e. The van der Waals surface area contributed by atoms with Gasteiger partial charge in [-0.15, -0.1) is 0 Å². The van der Waals surface area contributed by atoms with Crippen molar-refractivity contribution in [2.24, 2.45) is 0 Å². The first-order valence-electron chi connectivity index (χ1n) is 25.5. The molecule has 0 aliphatic carbocycles. The van der Waals surface area contributed by atoms with E-state index in [0.717, 1.165) is 116 Å². The van der Waals surface area contributed by atoms with Gasteiger partial charge in [0.15, 0.2) is 6.10 Å². The molecule has 1 atom stereocenters. The summed E-state index contributed by atoms with van der Waals surface area (Å²) in [7, 11) is 0. The van der Waals surface area contributed by atoms with E-state index in [1.54, 1.807) is 0 Å². The molecule has 6 heteroatoms. The van der Waals surface area contributed by atoms with E-state index in [-0.39, 0.29) is 44.0 Å². The Hall–Kier alpha value is -4.19. The second-order valence-corrected chi connectivity index (χ2v) is 16.3. The van der Waals surface area contributed by atoms with Gasteiger partial charge in [0.25, 0.3) is 0 Å². The summed E-state index contributed by atoms with van der Waals surface area (Å²) in [5.74, 6) is -1.04. The van der Waals surface area contributed by atoms with E-state index in [4.69, 9.17) is 14.2 Å². The summed E-state index contributed by atoms with van der Waals surface area (Å²) in [6.07, 6.45) is 70.4. The third kappa shape index (κ3) is 48.8. The van der Waals surface area contributed by atoms with Crippen LogP contribution in [0.15, 0.2) is 122 Å². The fraction of sp³-hybridized carbons (Fsp3) is 0.603.